The molecule has 2 aliphatic heterocycles. The van der Waals surface area contributed by atoms with E-state index in [0.717, 1.165) is 16.6 Å². The molecule has 0 amide bonds. The van der Waals surface area contributed by atoms with Gasteiger partial charge in [-0.2, -0.15) is 5.10 Å². The van der Waals surface area contributed by atoms with Crippen molar-refractivity contribution in [1.82, 2.24) is 9.58 Å². The van der Waals surface area contributed by atoms with E-state index in [2.05, 4.69) is 9.98 Å². The van der Waals surface area contributed by atoms with Crippen LogP contribution in [0.3, 0.4) is 0 Å². The maximum Gasteiger partial charge on any atom is 0.258 e. The van der Waals surface area contributed by atoms with Crippen molar-refractivity contribution in [3.63, 3.8) is 0 Å². The summed E-state index contributed by atoms with van der Waals surface area (Å²) < 4.78 is 1.81. The molecule has 0 fully saturated rings. The van der Waals surface area contributed by atoms with Gasteiger partial charge in [-0.05, 0) is 43.5 Å². The van der Waals surface area contributed by atoms with Crippen LogP contribution in [-0.4, -0.2) is 38.7 Å². The third-order valence-electron chi connectivity index (χ3n) is 5.90. The number of benzene rings is 2. The number of amidine groups is 1. The number of hydrogen-bond acceptors (Lipinski definition) is 7. The van der Waals surface area contributed by atoms with Crippen LogP contribution in [0.25, 0.3) is 10.8 Å². The Labute approximate surface area is 185 Å². The summed E-state index contributed by atoms with van der Waals surface area (Å²) >= 11 is 0. The summed E-state index contributed by atoms with van der Waals surface area (Å²) in [6.45, 7) is 4.38. The van der Waals surface area contributed by atoms with Gasteiger partial charge in [-0.15, -0.1) is 0 Å². The first-order chi connectivity index (χ1) is 15.4. The quantitative estimate of drug-likeness (QED) is 0.666. The third kappa shape index (κ3) is 3.24. The number of nitrogens with zero attached hydrogens (tertiary/aromatic N) is 5. The van der Waals surface area contributed by atoms with Crippen LogP contribution in [0.15, 0.2) is 74.5 Å². The lowest BCUT2D eigenvalue weighted by atomic mass is 9.93. The summed E-state index contributed by atoms with van der Waals surface area (Å²) in [5.74, 6) is 0.244. The first-order valence-electron chi connectivity index (χ1n) is 10.6. The van der Waals surface area contributed by atoms with E-state index in [1.807, 2.05) is 59.8 Å². The summed E-state index contributed by atoms with van der Waals surface area (Å²) in [6.07, 6.45) is 1.09. The molecule has 32 heavy (non-hydrogen) atoms. The Morgan fingerprint density at radius 1 is 1.12 bits per heavy atom. The van der Waals surface area contributed by atoms with Crippen molar-refractivity contribution >= 4 is 28.7 Å². The van der Waals surface area contributed by atoms with Gasteiger partial charge in [0.05, 0.1) is 12.3 Å². The number of hydrazone groups is 1. The fraction of sp³-hybridized carbons (Fsp3) is 0.250. The van der Waals surface area contributed by atoms with Crippen LogP contribution < -0.4 is 11.3 Å². The minimum atomic E-state index is -0.368. The predicted octanol–water partition coefficient (Wildman–Crippen LogP) is 2.85. The maximum atomic E-state index is 13.2. The van der Waals surface area contributed by atoms with E-state index < -0.39 is 0 Å². The predicted molar refractivity (Wildman–Crippen MR) is 126 cm³/mol. The summed E-state index contributed by atoms with van der Waals surface area (Å²) in [6, 6.07) is 16.5. The molecular weight excluding hydrogens is 404 g/mol. The molecule has 1 aromatic heterocycles. The molecule has 2 unspecified atom stereocenters. The highest BCUT2D eigenvalue weighted by atomic mass is 16.3. The van der Waals surface area contributed by atoms with Crippen molar-refractivity contribution in [3.05, 3.63) is 76.2 Å². The highest BCUT2D eigenvalue weighted by Gasteiger charge is 2.42. The van der Waals surface area contributed by atoms with Gasteiger partial charge in [0, 0.05) is 22.7 Å². The average molecular weight is 428 g/mol. The molecule has 0 bridgehead atoms. The van der Waals surface area contributed by atoms with E-state index in [1.165, 1.54) is 6.34 Å². The van der Waals surface area contributed by atoms with Gasteiger partial charge in [-0.3, -0.25) is 9.80 Å². The number of fused-ring (bicyclic) bond motifs is 2. The minimum absolute atomic E-state index is 0.0171. The SMILES string of the molecule is CC(C)n1c(CN2N=C(c3cccc(O)c3)C3C(N)=NC=NC32)cc2ccccc2c1=O. The number of hydrogen-bond donors (Lipinski definition) is 2. The van der Waals surface area contributed by atoms with E-state index in [0.29, 0.717) is 23.5 Å². The van der Waals surface area contributed by atoms with E-state index in [-0.39, 0.29) is 29.4 Å². The van der Waals surface area contributed by atoms with Crippen LogP contribution in [0, 0.1) is 5.92 Å². The summed E-state index contributed by atoms with van der Waals surface area (Å²) in [5.41, 5.74) is 8.54. The lowest BCUT2D eigenvalue weighted by Crippen LogP contribution is -2.42. The van der Waals surface area contributed by atoms with Crippen LogP contribution in [0.5, 0.6) is 5.75 Å². The van der Waals surface area contributed by atoms with Crippen LogP contribution in [-0.2, 0) is 6.54 Å². The van der Waals surface area contributed by atoms with Crippen molar-refractivity contribution in [1.29, 1.82) is 0 Å². The second-order valence-corrected chi connectivity index (χ2v) is 8.33. The molecule has 0 radical (unpaired) electrons. The summed E-state index contributed by atoms with van der Waals surface area (Å²) in [4.78, 5) is 22.0. The monoisotopic (exact) mass is 428 g/mol. The number of aromatic nitrogens is 1. The molecule has 2 atom stereocenters. The molecule has 0 saturated heterocycles. The first kappa shape index (κ1) is 20.0. The summed E-state index contributed by atoms with van der Waals surface area (Å²) in [7, 11) is 0. The smallest absolute Gasteiger partial charge is 0.258 e. The van der Waals surface area contributed by atoms with Gasteiger partial charge in [0.2, 0.25) is 0 Å². The Morgan fingerprint density at radius 2 is 1.94 bits per heavy atom. The number of aromatic hydroxyl groups is 1. The minimum Gasteiger partial charge on any atom is -0.508 e. The van der Waals surface area contributed by atoms with Gasteiger partial charge >= 0.3 is 0 Å². The highest BCUT2D eigenvalue weighted by Crippen LogP contribution is 2.31. The van der Waals surface area contributed by atoms with Gasteiger partial charge < -0.3 is 15.4 Å². The zero-order valence-electron chi connectivity index (χ0n) is 17.9. The van der Waals surface area contributed by atoms with Gasteiger partial charge in [0.15, 0.2) is 6.17 Å². The molecule has 162 valence electrons. The van der Waals surface area contributed by atoms with Gasteiger partial charge in [0.25, 0.3) is 5.56 Å². The van der Waals surface area contributed by atoms with Crippen molar-refractivity contribution in [2.45, 2.75) is 32.6 Å². The van der Waals surface area contributed by atoms with Gasteiger partial charge in [-0.1, -0.05) is 30.3 Å². The lowest BCUT2D eigenvalue weighted by molar-refractivity contribution is 0.207. The van der Waals surface area contributed by atoms with E-state index in [1.54, 1.807) is 18.2 Å². The standard InChI is InChI=1S/C24H24N6O2/c1-14(2)30-17(10-15-6-3-4-9-19(15)24(30)32)12-29-23-20(22(25)26-13-27-23)21(28-29)16-7-5-8-18(31)11-16/h3-11,13-14,20,23,31H,12H2,1-2H3,(H2,25,26,27). The van der Waals surface area contributed by atoms with Crippen molar-refractivity contribution in [2.24, 2.45) is 26.7 Å². The van der Waals surface area contributed by atoms with Gasteiger partial charge in [-0.25, -0.2) is 9.98 Å². The van der Waals surface area contributed by atoms with Crippen molar-refractivity contribution in [3.8, 4) is 5.75 Å². The number of aliphatic imine (C=N–C) groups is 2. The fourth-order valence-electron chi connectivity index (χ4n) is 4.49. The van der Waals surface area contributed by atoms with Crippen LogP contribution in [0.1, 0.15) is 31.1 Å². The normalized spacial score (nSPS) is 19.9. The zero-order chi connectivity index (χ0) is 22.4. The molecular formula is C24H24N6O2. The number of pyridine rings is 1. The van der Waals surface area contributed by atoms with E-state index in [9.17, 15) is 9.90 Å². The van der Waals surface area contributed by atoms with Crippen LogP contribution in [0.2, 0.25) is 0 Å². The van der Waals surface area contributed by atoms with E-state index >= 15 is 0 Å². The fourth-order valence-corrected chi connectivity index (χ4v) is 4.49. The molecule has 0 spiro atoms. The second-order valence-electron chi connectivity index (χ2n) is 8.33. The molecule has 8 nitrogen and oxygen atoms in total. The summed E-state index contributed by atoms with van der Waals surface area (Å²) in [5, 5.41) is 18.3. The Morgan fingerprint density at radius 3 is 2.72 bits per heavy atom. The average Bonchev–Trinajstić information content (AvgIpc) is 3.13. The van der Waals surface area contributed by atoms with Crippen LogP contribution in [0.4, 0.5) is 0 Å². The second kappa shape index (κ2) is 7.64. The maximum absolute atomic E-state index is 13.2. The Hall–Kier alpha value is -3.94. The van der Waals surface area contributed by atoms with E-state index in [4.69, 9.17) is 10.8 Å². The van der Waals surface area contributed by atoms with Crippen LogP contribution >= 0.6 is 0 Å². The topological polar surface area (TPSA) is 109 Å². The number of phenols is 1. The Bertz CT molecular complexity index is 1350. The zero-order valence-corrected chi connectivity index (χ0v) is 17.9. The highest BCUT2D eigenvalue weighted by molar-refractivity contribution is 6.17. The van der Waals surface area contributed by atoms with Crippen molar-refractivity contribution < 1.29 is 5.11 Å². The molecule has 0 aliphatic carbocycles. The molecule has 3 heterocycles. The van der Waals surface area contributed by atoms with Crippen molar-refractivity contribution in [2.75, 3.05) is 0 Å². The molecule has 2 aromatic carbocycles. The molecule has 3 N–H and O–H groups in total. The molecule has 3 aromatic rings. The first-order valence-corrected chi connectivity index (χ1v) is 10.6. The Kier molecular flexibility index (Phi) is 4.77. The molecule has 5 rings (SSSR count). The van der Waals surface area contributed by atoms with Gasteiger partial charge in [0.1, 0.15) is 23.8 Å². The molecule has 0 saturated carbocycles. The number of phenolic OH excluding ortho intramolecular Hbond substituents is 1. The molecule has 2 aliphatic rings. The lowest BCUT2D eigenvalue weighted by Gasteiger charge is -2.27. The molecule has 8 heteroatoms. The largest absolute Gasteiger partial charge is 0.508 e. The number of nitrogens with two attached hydrogens (primary N) is 1. The third-order valence-corrected chi connectivity index (χ3v) is 5.90. The number of rotatable bonds is 4. The Balaban J connectivity index is 1.62.